The highest BCUT2D eigenvalue weighted by Crippen LogP contribution is 1.39. The molecule has 0 atom stereocenters. The van der Waals surface area contributed by atoms with E-state index in [0.29, 0.717) is 0 Å². The number of aliphatic hydroxyl groups excluding tert-OH is 2. The summed E-state index contributed by atoms with van der Waals surface area (Å²) >= 11 is 0. The third-order valence-corrected chi connectivity index (χ3v) is 0.1000. The summed E-state index contributed by atoms with van der Waals surface area (Å²) in [4.78, 5) is 0. The Balaban J connectivity index is -0.0000000575. The zero-order valence-corrected chi connectivity index (χ0v) is 6.22. The average Bonchev–Trinajstić information content (AvgIpc) is 1.69. The molecule has 0 rings (SSSR count). The molecule has 0 bridgehead atoms. The van der Waals surface area contributed by atoms with Gasteiger partial charge in [0.25, 0.3) is 0 Å². The molecule has 0 spiro atoms. The minimum atomic E-state index is -0.125. The van der Waals surface area contributed by atoms with Crippen LogP contribution in [0.4, 0.5) is 0 Å². The molecule has 8 heavy (non-hydrogen) atoms. The zero-order chi connectivity index (χ0) is 6.12. The summed E-state index contributed by atoms with van der Waals surface area (Å²) < 4.78 is 4.25. The molecule has 0 saturated carbocycles. The Morgan fingerprint density at radius 2 is 1.25 bits per heavy atom. The Morgan fingerprint density at radius 1 is 1.12 bits per heavy atom. The molecule has 0 saturated heterocycles. The first kappa shape index (κ1) is 15.7. The van der Waals surface area contributed by atoms with Crippen molar-refractivity contribution in [1.29, 1.82) is 0 Å². The quantitative estimate of drug-likeness (QED) is 0.511. The van der Waals surface area contributed by atoms with Crippen LogP contribution in [0.5, 0.6) is 0 Å². The van der Waals surface area contributed by atoms with Gasteiger partial charge in [0.2, 0.25) is 0 Å². The molecule has 0 aliphatic rings. The lowest BCUT2D eigenvalue weighted by Crippen LogP contribution is -1.85. The van der Waals surface area contributed by atoms with Crippen LogP contribution in [0.15, 0.2) is 0 Å². The topological polar surface area (TPSA) is 49.7 Å². The molecule has 0 radical (unpaired) electrons. The van der Waals surface area contributed by atoms with Crippen LogP contribution in [0.25, 0.3) is 0 Å². The molecular formula is C4H14O3S. The van der Waals surface area contributed by atoms with Crippen molar-refractivity contribution in [2.24, 2.45) is 0 Å². The number of rotatable bonds is 1. The van der Waals surface area contributed by atoms with Crippen LogP contribution >= 0.6 is 13.5 Å². The zero-order valence-electron chi connectivity index (χ0n) is 5.22. The Hall–Kier alpha value is 0.230. The predicted molar refractivity (Wildman–Crippen MR) is 37.5 cm³/mol. The smallest absolute Gasteiger partial charge is 0.0662 e. The first-order valence-electron chi connectivity index (χ1n) is 1.95. The van der Waals surface area contributed by atoms with Gasteiger partial charge in [0.15, 0.2) is 0 Å². The third kappa shape index (κ3) is 113. The number of ether oxygens (including phenoxy) is 1. The molecule has 0 aromatic heterocycles. The van der Waals surface area contributed by atoms with Gasteiger partial charge in [-0.15, -0.1) is 0 Å². The summed E-state index contributed by atoms with van der Waals surface area (Å²) in [6, 6.07) is 0. The molecule has 2 N–H and O–H groups in total. The minimum Gasteiger partial charge on any atom is -0.394 e. The number of hydrogen-bond donors (Lipinski definition) is 2. The lowest BCUT2D eigenvalue weighted by atomic mass is 10.8. The maximum absolute atomic E-state index is 7.62. The van der Waals surface area contributed by atoms with Gasteiger partial charge in [0, 0.05) is 14.2 Å². The Bertz CT molecular complexity index is 18.8. The lowest BCUT2D eigenvalue weighted by Gasteiger charge is -1.70. The van der Waals surface area contributed by atoms with Crippen LogP contribution in [0.2, 0.25) is 0 Å². The second-order valence-corrected chi connectivity index (χ2v) is 0.855. The van der Waals surface area contributed by atoms with E-state index in [4.69, 9.17) is 10.2 Å². The van der Waals surface area contributed by atoms with Gasteiger partial charge >= 0.3 is 0 Å². The maximum Gasteiger partial charge on any atom is 0.0662 e. The van der Waals surface area contributed by atoms with Gasteiger partial charge in [0.05, 0.1) is 13.2 Å². The van der Waals surface area contributed by atoms with Crippen LogP contribution < -0.4 is 0 Å². The van der Waals surface area contributed by atoms with Crippen LogP contribution in [0.3, 0.4) is 0 Å². The Labute approximate surface area is 56.7 Å². The van der Waals surface area contributed by atoms with Gasteiger partial charge in [0.1, 0.15) is 0 Å². The summed E-state index contributed by atoms with van der Waals surface area (Å²) in [5, 5.41) is 15.2. The second-order valence-electron chi connectivity index (χ2n) is 0.855. The SMILES string of the molecule is COC.OCCO.S. The molecule has 0 unspecified atom stereocenters. The molecule has 54 valence electrons. The molecule has 0 aromatic carbocycles. The van der Waals surface area contributed by atoms with Crippen molar-refractivity contribution in [2.75, 3.05) is 27.4 Å². The van der Waals surface area contributed by atoms with Crippen LogP contribution in [-0.2, 0) is 4.74 Å². The molecule has 4 heteroatoms. The number of aliphatic hydroxyl groups is 2. The Kier molecular flexibility index (Phi) is 52.9. The second kappa shape index (κ2) is 26.9. The van der Waals surface area contributed by atoms with Crippen molar-refractivity contribution in [3.05, 3.63) is 0 Å². The molecule has 3 nitrogen and oxygen atoms in total. The van der Waals surface area contributed by atoms with E-state index in [9.17, 15) is 0 Å². The largest absolute Gasteiger partial charge is 0.394 e. The first-order chi connectivity index (χ1) is 3.33. The van der Waals surface area contributed by atoms with E-state index >= 15 is 0 Å². The minimum absolute atomic E-state index is 0. The van der Waals surface area contributed by atoms with E-state index in [2.05, 4.69) is 4.74 Å². The molecular weight excluding hydrogens is 128 g/mol. The highest BCUT2D eigenvalue weighted by Gasteiger charge is 1.58. The summed E-state index contributed by atoms with van der Waals surface area (Å²) in [6.07, 6.45) is 0. The normalized spacial score (nSPS) is 6.00. The fourth-order valence-corrected chi connectivity index (χ4v) is 0. The molecule has 0 heterocycles. The monoisotopic (exact) mass is 142 g/mol. The summed E-state index contributed by atoms with van der Waals surface area (Å²) in [5.41, 5.74) is 0. The number of hydrogen-bond acceptors (Lipinski definition) is 3. The highest BCUT2D eigenvalue weighted by atomic mass is 32.1. The summed E-state index contributed by atoms with van der Waals surface area (Å²) in [6.45, 7) is -0.250. The van der Waals surface area contributed by atoms with Gasteiger partial charge in [-0.2, -0.15) is 13.5 Å². The van der Waals surface area contributed by atoms with Gasteiger partial charge < -0.3 is 14.9 Å². The highest BCUT2D eigenvalue weighted by molar-refractivity contribution is 7.59. The van der Waals surface area contributed by atoms with E-state index in [0.717, 1.165) is 0 Å². The van der Waals surface area contributed by atoms with Gasteiger partial charge in [-0.1, -0.05) is 0 Å². The van der Waals surface area contributed by atoms with Crippen molar-refractivity contribution < 1.29 is 14.9 Å². The van der Waals surface area contributed by atoms with Crippen molar-refractivity contribution >= 4 is 13.5 Å². The number of methoxy groups -OCH3 is 1. The average molecular weight is 142 g/mol. The van der Waals surface area contributed by atoms with Crippen LogP contribution in [-0.4, -0.2) is 37.6 Å². The van der Waals surface area contributed by atoms with E-state index in [1.807, 2.05) is 0 Å². The van der Waals surface area contributed by atoms with Crippen molar-refractivity contribution in [1.82, 2.24) is 0 Å². The Morgan fingerprint density at radius 3 is 1.25 bits per heavy atom. The van der Waals surface area contributed by atoms with Crippen molar-refractivity contribution in [2.45, 2.75) is 0 Å². The molecule has 0 aromatic rings. The van der Waals surface area contributed by atoms with Gasteiger partial charge in [-0.05, 0) is 0 Å². The standard InChI is InChI=1S/C2H6O2.C2H6O.H2S/c3-1-2-4;1-3-2;/h3-4H,1-2H2;1-2H3;1H2. The van der Waals surface area contributed by atoms with E-state index in [1.165, 1.54) is 0 Å². The molecule has 0 amide bonds. The fraction of sp³-hybridized carbons (Fsp3) is 1.00. The molecule has 0 aliphatic heterocycles. The molecule has 0 aliphatic carbocycles. The van der Waals surface area contributed by atoms with Gasteiger partial charge in [-0.3, -0.25) is 0 Å². The van der Waals surface area contributed by atoms with Crippen LogP contribution in [0.1, 0.15) is 0 Å². The maximum atomic E-state index is 7.62. The third-order valence-electron chi connectivity index (χ3n) is 0.1000. The van der Waals surface area contributed by atoms with Crippen molar-refractivity contribution in [3.63, 3.8) is 0 Å². The molecule has 0 fully saturated rings. The summed E-state index contributed by atoms with van der Waals surface area (Å²) in [5.74, 6) is 0. The van der Waals surface area contributed by atoms with E-state index < -0.39 is 0 Å². The van der Waals surface area contributed by atoms with E-state index in [1.54, 1.807) is 14.2 Å². The predicted octanol–water partition coefficient (Wildman–Crippen LogP) is -0.654. The van der Waals surface area contributed by atoms with Crippen LogP contribution in [0, 0.1) is 0 Å². The fourth-order valence-electron chi connectivity index (χ4n) is 0. The lowest BCUT2D eigenvalue weighted by molar-refractivity contribution is 0.186. The van der Waals surface area contributed by atoms with E-state index in [-0.39, 0.29) is 26.7 Å². The first-order valence-corrected chi connectivity index (χ1v) is 1.95. The van der Waals surface area contributed by atoms with Crippen molar-refractivity contribution in [3.8, 4) is 0 Å². The van der Waals surface area contributed by atoms with Gasteiger partial charge in [-0.25, -0.2) is 0 Å². The summed E-state index contributed by atoms with van der Waals surface area (Å²) in [7, 11) is 3.25.